The fraction of sp³-hybridized carbons (Fsp3) is 0.757. The van der Waals surface area contributed by atoms with Crippen molar-refractivity contribution >= 4 is 65.1 Å². The van der Waals surface area contributed by atoms with Crippen molar-refractivity contribution in [2.45, 2.75) is 127 Å². The molecule has 0 aromatic heterocycles. The number of hydrogen-bond donors (Lipinski definition) is 12. The number of urea groups is 1. The topological polar surface area (TPSA) is 328 Å². The molecule has 0 spiro atoms. The summed E-state index contributed by atoms with van der Waals surface area (Å²) in [6, 6.07) is -3.49. The average molecular weight is 857 g/mol. The van der Waals surface area contributed by atoms with Gasteiger partial charge in [-0.2, -0.15) is 11.8 Å². The minimum Gasteiger partial charge on any atom is -0.394 e. The van der Waals surface area contributed by atoms with E-state index in [1.165, 1.54) is 5.48 Å². The smallest absolute Gasteiger partial charge is 0.315 e. The molecule has 2 fully saturated rings. The largest absolute Gasteiger partial charge is 0.394 e. The predicted molar refractivity (Wildman–Crippen MR) is 216 cm³/mol. The number of fused-ring (bicyclic) bond motifs is 1. The lowest BCUT2D eigenvalue weighted by Crippen LogP contribution is -2.56. The maximum Gasteiger partial charge on any atom is 0.315 e. The van der Waals surface area contributed by atoms with Gasteiger partial charge in [-0.25, -0.2) is 10.3 Å². The molecule has 2 aliphatic rings. The summed E-state index contributed by atoms with van der Waals surface area (Å²) >= 11 is 1.83. The van der Waals surface area contributed by atoms with Crippen LogP contribution in [-0.2, 0) is 38.4 Å². The van der Waals surface area contributed by atoms with Gasteiger partial charge < -0.3 is 53.4 Å². The van der Waals surface area contributed by atoms with E-state index in [1.807, 2.05) is 25.6 Å². The fourth-order valence-corrected chi connectivity index (χ4v) is 8.25. The van der Waals surface area contributed by atoms with Gasteiger partial charge in [-0.3, -0.25) is 43.6 Å². The Hall–Kier alpha value is -4.70. The van der Waals surface area contributed by atoms with Gasteiger partial charge in [0.2, 0.25) is 47.3 Å². The van der Waals surface area contributed by atoms with Gasteiger partial charge in [-0.1, -0.05) is 34.1 Å². The first-order valence-electron chi connectivity index (χ1n) is 20.2. The summed E-state index contributed by atoms with van der Waals surface area (Å²) in [5, 5.41) is 39.8. The lowest BCUT2D eigenvalue weighted by molar-refractivity contribution is -0.137. The quantitative estimate of drug-likeness (QED) is 0.0172. The number of nitrogens with one attached hydrogen (secondary N) is 9. The normalized spacial score (nSPS) is 18.9. The molecule has 2 heterocycles. The molecule has 13 N–H and O–H groups in total. The molecule has 0 bridgehead atoms. The van der Waals surface area contributed by atoms with Crippen molar-refractivity contribution in [3.05, 3.63) is 0 Å². The molecule has 2 rings (SSSR count). The average Bonchev–Trinajstić information content (AvgIpc) is 3.73. The van der Waals surface area contributed by atoms with Gasteiger partial charge in [-0.15, -0.1) is 0 Å². The van der Waals surface area contributed by atoms with Crippen LogP contribution in [0.3, 0.4) is 0 Å². The molecule has 10 amide bonds. The number of primary amides is 1. The van der Waals surface area contributed by atoms with Crippen molar-refractivity contribution in [3.8, 4) is 0 Å². The number of hydroxylamine groups is 1. The monoisotopic (exact) mass is 856 g/mol. The van der Waals surface area contributed by atoms with E-state index in [0.717, 1.165) is 25.0 Å². The molecule has 22 heteroatoms. The minimum atomic E-state index is -1.50. The molecule has 1 unspecified atom stereocenters. The third-order valence-corrected chi connectivity index (χ3v) is 11.2. The van der Waals surface area contributed by atoms with Crippen LogP contribution in [0.5, 0.6) is 0 Å². The summed E-state index contributed by atoms with van der Waals surface area (Å²) in [7, 11) is 0. The number of nitrogens with two attached hydrogens (primary N) is 1. The summed E-state index contributed by atoms with van der Waals surface area (Å²) in [6.45, 7) is 5.65. The van der Waals surface area contributed by atoms with E-state index in [-0.39, 0.29) is 55.1 Å². The van der Waals surface area contributed by atoms with Crippen LogP contribution in [0.1, 0.15) is 91.9 Å². The van der Waals surface area contributed by atoms with Crippen LogP contribution >= 0.6 is 11.8 Å². The Bertz CT molecular complexity index is 1470. The summed E-state index contributed by atoms with van der Waals surface area (Å²) in [6.07, 6.45) is 4.20. The van der Waals surface area contributed by atoms with E-state index in [0.29, 0.717) is 37.5 Å². The van der Waals surface area contributed by atoms with E-state index in [9.17, 15) is 48.3 Å². The molecule has 59 heavy (non-hydrogen) atoms. The number of carbonyl (C=O) groups is 9. The second-order valence-electron chi connectivity index (χ2n) is 15.7. The van der Waals surface area contributed by atoms with Gasteiger partial charge in [-0.05, 0) is 56.8 Å². The zero-order valence-electron chi connectivity index (χ0n) is 34.4. The third kappa shape index (κ3) is 19.3. The lowest BCUT2D eigenvalue weighted by Gasteiger charge is -2.25. The van der Waals surface area contributed by atoms with Crippen LogP contribution < -0.4 is 53.7 Å². The highest BCUT2D eigenvalue weighted by atomic mass is 32.2. The predicted octanol–water partition coefficient (Wildman–Crippen LogP) is -2.23. The van der Waals surface area contributed by atoms with Crippen LogP contribution in [0.2, 0.25) is 0 Å². The van der Waals surface area contributed by atoms with E-state index in [2.05, 4.69) is 42.5 Å². The van der Waals surface area contributed by atoms with E-state index in [1.54, 1.807) is 13.8 Å². The molecule has 2 saturated heterocycles. The van der Waals surface area contributed by atoms with E-state index < -0.39 is 85.1 Å². The maximum atomic E-state index is 13.2. The molecule has 0 aromatic carbocycles. The summed E-state index contributed by atoms with van der Waals surface area (Å²) in [4.78, 5) is 111. The third-order valence-electron chi connectivity index (χ3n) is 9.71. The first-order valence-corrected chi connectivity index (χ1v) is 21.2. The van der Waals surface area contributed by atoms with Gasteiger partial charge in [0.05, 0.1) is 31.8 Å². The molecule has 0 radical (unpaired) electrons. The van der Waals surface area contributed by atoms with Gasteiger partial charge in [0, 0.05) is 36.3 Å². The first kappa shape index (κ1) is 50.4. The molecular formula is C37H64N10O11S. The molecule has 0 aromatic rings. The van der Waals surface area contributed by atoms with Gasteiger partial charge in [0.1, 0.15) is 18.1 Å². The van der Waals surface area contributed by atoms with Gasteiger partial charge >= 0.3 is 6.03 Å². The van der Waals surface area contributed by atoms with Gasteiger partial charge in [0.25, 0.3) is 0 Å². The number of aliphatic hydroxyl groups excluding tert-OH is 1. The lowest BCUT2D eigenvalue weighted by atomic mass is 9.92. The summed E-state index contributed by atoms with van der Waals surface area (Å²) < 4.78 is 0. The van der Waals surface area contributed by atoms with Crippen LogP contribution in [0.4, 0.5) is 4.79 Å². The van der Waals surface area contributed by atoms with Crippen molar-refractivity contribution < 1.29 is 53.5 Å². The number of carbonyl (C=O) groups excluding carboxylic acids is 9. The van der Waals surface area contributed by atoms with Gasteiger partial charge in [0.15, 0.2) is 0 Å². The Morgan fingerprint density at radius 3 is 2.07 bits per heavy atom. The Balaban J connectivity index is 1.69. The number of hydrogen-bond acceptors (Lipinski definition) is 12. The Kier molecular flexibility index (Phi) is 22.6. The second-order valence-corrected chi connectivity index (χ2v) is 17.0. The minimum absolute atomic E-state index is 0.0134. The van der Waals surface area contributed by atoms with Crippen LogP contribution in [0.15, 0.2) is 0 Å². The molecular weight excluding hydrogens is 793 g/mol. The number of unbranched alkanes of at least 4 members (excludes halogenated alkanes) is 2. The van der Waals surface area contributed by atoms with E-state index >= 15 is 0 Å². The zero-order valence-corrected chi connectivity index (χ0v) is 35.2. The maximum absolute atomic E-state index is 13.2. The van der Waals surface area contributed by atoms with Crippen LogP contribution in [0.25, 0.3) is 0 Å². The Labute approximate surface area is 348 Å². The van der Waals surface area contributed by atoms with E-state index in [4.69, 9.17) is 10.9 Å². The zero-order chi connectivity index (χ0) is 44.1. The standard InChI is InChI=1S/C37H64N10O11S/c1-20(2)13-22(15-29(50)47-58)34(54)43-24(14-21(3)4)36(56)44-25(18-48)35(55)41-16-30(51)40-17-31(52)42-23(33(38)53)9-7-8-12-39-28(49)11-6-5-10-27-32-26(19-59-27)45-37(57)46-32/h20-27,32,48,58H,5-19H2,1-4H3,(H2,38,53)(H,39,49)(H,40,51)(H,41,55)(H,42,52)(H,43,54)(H,44,56)(H,47,50)(H2,45,46,57)/t22?,23-,24-,25-,26-,27-,32-/m0/s1. The molecule has 334 valence electrons. The molecule has 0 saturated carbocycles. The first-order chi connectivity index (χ1) is 27.9. The highest BCUT2D eigenvalue weighted by Crippen LogP contribution is 2.33. The summed E-state index contributed by atoms with van der Waals surface area (Å²) in [5.41, 5.74) is 6.95. The van der Waals surface area contributed by atoms with Crippen molar-refractivity contribution in [2.75, 3.05) is 32.0 Å². The summed E-state index contributed by atoms with van der Waals surface area (Å²) in [5.74, 6) is -5.50. The Morgan fingerprint density at radius 1 is 0.746 bits per heavy atom. The van der Waals surface area contributed by atoms with Crippen molar-refractivity contribution in [1.29, 1.82) is 0 Å². The number of thioether (sulfide) groups is 1. The Morgan fingerprint density at radius 2 is 1.42 bits per heavy atom. The number of amides is 10. The SMILES string of the molecule is CC(C)CC(CC(=O)NO)C(=O)N[C@@H](CC(C)C)C(=O)N[C@@H](CO)C(=O)NCC(=O)NCC(=O)N[C@@H](CCCCNC(=O)CCCC[C@@H]1SC[C@@H]2NC(=O)N[C@@H]21)C(N)=O. The van der Waals surface area contributed by atoms with Crippen molar-refractivity contribution in [1.82, 2.24) is 48.0 Å². The molecule has 21 nitrogen and oxygen atoms in total. The highest BCUT2D eigenvalue weighted by Gasteiger charge is 2.42. The molecule has 2 aliphatic heterocycles. The highest BCUT2D eigenvalue weighted by molar-refractivity contribution is 8.00. The molecule has 7 atom stereocenters. The second kappa shape index (κ2) is 26.4. The van der Waals surface area contributed by atoms with Crippen LogP contribution in [0, 0.1) is 17.8 Å². The molecule has 0 aliphatic carbocycles. The van der Waals surface area contributed by atoms with Crippen molar-refractivity contribution in [2.24, 2.45) is 23.5 Å². The number of aliphatic hydroxyl groups is 1. The van der Waals surface area contributed by atoms with Crippen LogP contribution in [-0.4, -0.2) is 131 Å². The number of rotatable bonds is 28. The fourth-order valence-electron chi connectivity index (χ4n) is 6.71. The van der Waals surface area contributed by atoms with Crippen molar-refractivity contribution in [3.63, 3.8) is 0 Å².